The van der Waals surface area contributed by atoms with Crippen LogP contribution in [0.25, 0.3) is 0 Å². The first-order valence-corrected chi connectivity index (χ1v) is 9.16. The number of halogens is 1. The summed E-state index contributed by atoms with van der Waals surface area (Å²) in [6, 6.07) is 24.5. The SMILES string of the molecule is NCCCN1c2ccccc2N=C(c2ccc(Cl)cc2)c2ccccc21. The van der Waals surface area contributed by atoms with Crippen LogP contribution in [0.1, 0.15) is 17.5 Å². The van der Waals surface area contributed by atoms with Gasteiger partial charge in [0.2, 0.25) is 0 Å². The van der Waals surface area contributed by atoms with Crippen molar-refractivity contribution in [2.45, 2.75) is 6.42 Å². The van der Waals surface area contributed by atoms with Gasteiger partial charge in [0.25, 0.3) is 0 Å². The van der Waals surface area contributed by atoms with Gasteiger partial charge in [0.05, 0.1) is 22.8 Å². The fourth-order valence-corrected chi connectivity index (χ4v) is 3.45. The molecular formula is C22H20ClN3. The number of nitrogens with two attached hydrogens (primary N) is 1. The van der Waals surface area contributed by atoms with E-state index in [4.69, 9.17) is 22.3 Å². The monoisotopic (exact) mass is 361 g/mol. The van der Waals surface area contributed by atoms with Crippen LogP contribution in [0.4, 0.5) is 17.1 Å². The molecule has 26 heavy (non-hydrogen) atoms. The van der Waals surface area contributed by atoms with Gasteiger partial charge in [-0.05, 0) is 43.3 Å². The van der Waals surface area contributed by atoms with Crippen LogP contribution < -0.4 is 10.6 Å². The molecule has 2 N–H and O–H groups in total. The highest BCUT2D eigenvalue weighted by atomic mass is 35.5. The van der Waals surface area contributed by atoms with Gasteiger partial charge in [-0.1, -0.05) is 54.1 Å². The summed E-state index contributed by atoms with van der Waals surface area (Å²) in [5.41, 5.74) is 12.1. The van der Waals surface area contributed by atoms with Gasteiger partial charge in [-0.25, -0.2) is 4.99 Å². The zero-order valence-electron chi connectivity index (χ0n) is 14.4. The summed E-state index contributed by atoms with van der Waals surface area (Å²) in [7, 11) is 0. The molecule has 0 saturated heterocycles. The smallest absolute Gasteiger partial charge is 0.0874 e. The van der Waals surface area contributed by atoms with Gasteiger partial charge < -0.3 is 10.6 Å². The third-order valence-electron chi connectivity index (χ3n) is 4.56. The second kappa shape index (κ2) is 7.32. The number of hydrogen-bond acceptors (Lipinski definition) is 3. The summed E-state index contributed by atoms with van der Waals surface area (Å²) in [5, 5.41) is 0.723. The van der Waals surface area contributed by atoms with Gasteiger partial charge in [0.15, 0.2) is 0 Å². The van der Waals surface area contributed by atoms with Crippen LogP contribution >= 0.6 is 11.6 Å². The Bertz CT molecular complexity index is 948. The lowest BCUT2D eigenvalue weighted by Gasteiger charge is -2.26. The number of para-hydroxylation sites is 3. The van der Waals surface area contributed by atoms with Crippen LogP contribution in [0, 0.1) is 0 Å². The minimum Gasteiger partial charge on any atom is -0.339 e. The quantitative estimate of drug-likeness (QED) is 0.684. The van der Waals surface area contributed by atoms with E-state index in [1.807, 2.05) is 30.3 Å². The van der Waals surface area contributed by atoms with Crippen molar-refractivity contribution in [1.29, 1.82) is 0 Å². The number of rotatable bonds is 4. The maximum Gasteiger partial charge on any atom is 0.0874 e. The lowest BCUT2D eigenvalue weighted by Crippen LogP contribution is -2.22. The summed E-state index contributed by atoms with van der Waals surface area (Å²) in [4.78, 5) is 7.36. The third kappa shape index (κ3) is 3.12. The van der Waals surface area contributed by atoms with E-state index in [1.165, 1.54) is 0 Å². The molecule has 0 bridgehead atoms. The number of anilines is 2. The first-order valence-electron chi connectivity index (χ1n) is 8.78. The first kappa shape index (κ1) is 16.8. The molecule has 0 radical (unpaired) electrons. The number of hydrogen-bond donors (Lipinski definition) is 1. The topological polar surface area (TPSA) is 41.6 Å². The van der Waals surface area contributed by atoms with E-state index < -0.39 is 0 Å². The number of benzene rings is 3. The van der Waals surface area contributed by atoms with E-state index in [1.54, 1.807) is 0 Å². The van der Waals surface area contributed by atoms with E-state index in [0.29, 0.717) is 6.54 Å². The van der Waals surface area contributed by atoms with Crippen molar-refractivity contribution in [3.05, 3.63) is 88.9 Å². The van der Waals surface area contributed by atoms with Gasteiger partial charge in [-0.2, -0.15) is 0 Å². The maximum absolute atomic E-state index is 6.08. The summed E-state index contributed by atoms with van der Waals surface area (Å²) < 4.78 is 0. The predicted molar refractivity (Wildman–Crippen MR) is 110 cm³/mol. The fraction of sp³-hybridized carbons (Fsp3) is 0.136. The van der Waals surface area contributed by atoms with Crippen molar-refractivity contribution in [3.8, 4) is 0 Å². The highest BCUT2D eigenvalue weighted by Crippen LogP contribution is 2.40. The molecule has 1 aliphatic rings. The highest BCUT2D eigenvalue weighted by molar-refractivity contribution is 6.30. The number of fused-ring (bicyclic) bond motifs is 2. The molecule has 3 aromatic carbocycles. The van der Waals surface area contributed by atoms with Gasteiger partial charge >= 0.3 is 0 Å². The first-order chi connectivity index (χ1) is 12.8. The molecule has 0 unspecified atom stereocenters. The zero-order valence-corrected chi connectivity index (χ0v) is 15.2. The minimum absolute atomic E-state index is 0.658. The van der Waals surface area contributed by atoms with Crippen LogP contribution in [0.5, 0.6) is 0 Å². The van der Waals surface area contributed by atoms with Gasteiger partial charge in [-0.15, -0.1) is 0 Å². The predicted octanol–water partition coefficient (Wildman–Crippen LogP) is 5.31. The van der Waals surface area contributed by atoms with Crippen LogP contribution in [0.2, 0.25) is 5.02 Å². The largest absolute Gasteiger partial charge is 0.339 e. The van der Waals surface area contributed by atoms with Crippen molar-refractivity contribution in [3.63, 3.8) is 0 Å². The van der Waals surface area contributed by atoms with Crippen molar-refractivity contribution in [2.24, 2.45) is 10.7 Å². The van der Waals surface area contributed by atoms with Gasteiger partial charge in [0.1, 0.15) is 0 Å². The standard InChI is InChI=1S/C22H20ClN3/c23-17-12-10-16(11-13-17)22-18-6-1-3-8-20(18)26(15-5-14-24)21-9-4-2-7-19(21)25-22/h1-4,6-13H,5,14-15,24H2. The zero-order chi connectivity index (χ0) is 17.9. The average Bonchev–Trinajstić information content (AvgIpc) is 2.82. The van der Waals surface area contributed by atoms with Crippen LogP contribution in [0.3, 0.4) is 0 Å². The maximum atomic E-state index is 6.08. The summed E-state index contributed by atoms with van der Waals surface area (Å²) in [5.74, 6) is 0. The van der Waals surface area contributed by atoms with Gasteiger partial charge in [-0.3, -0.25) is 0 Å². The Balaban J connectivity index is 1.95. The van der Waals surface area contributed by atoms with Crippen molar-refractivity contribution in [2.75, 3.05) is 18.0 Å². The fourth-order valence-electron chi connectivity index (χ4n) is 3.32. The molecule has 3 nitrogen and oxygen atoms in total. The molecule has 0 amide bonds. The van der Waals surface area contributed by atoms with Crippen molar-refractivity contribution < 1.29 is 0 Å². The molecule has 1 aliphatic heterocycles. The van der Waals surface area contributed by atoms with Gasteiger partial charge in [0, 0.05) is 22.7 Å². The van der Waals surface area contributed by atoms with Crippen LogP contribution in [0.15, 0.2) is 77.8 Å². The van der Waals surface area contributed by atoms with E-state index in [2.05, 4.69) is 47.4 Å². The third-order valence-corrected chi connectivity index (χ3v) is 4.81. The molecule has 0 fully saturated rings. The van der Waals surface area contributed by atoms with E-state index in [9.17, 15) is 0 Å². The number of nitrogens with zero attached hydrogens (tertiary/aromatic N) is 2. The molecule has 4 heteroatoms. The van der Waals surface area contributed by atoms with E-state index in [-0.39, 0.29) is 0 Å². The Morgan fingerprint density at radius 1 is 0.846 bits per heavy atom. The Morgan fingerprint density at radius 3 is 2.31 bits per heavy atom. The minimum atomic E-state index is 0.658. The Morgan fingerprint density at radius 2 is 1.54 bits per heavy atom. The van der Waals surface area contributed by atoms with E-state index in [0.717, 1.165) is 51.9 Å². The Labute approximate surface area is 158 Å². The Kier molecular flexibility index (Phi) is 4.74. The summed E-state index contributed by atoms with van der Waals surface area (Å²) in [6.45, 7) is 1.51. The lowest BCUT2D eigenvalue weighted by atomic mass is 10.00. The normalized spacial score (nSPS) is 12.8. The molecule has 1 heterocycles. The molecule has 0 atom stereocenters. The molecule has 3 aromatic rings. The number of aliphatic imine (C=N–C) groups is 1. The molecule has 0 aliphatic carbocycles. The molecule has 130 valence electrons. The highest BCUT2D eigenvalue weighted by Gasteiger charge is 2.23. The van der Waals surface area contributed by atoms with E-state index >= 15 is 0 Å². The molecule has 0 aromatic heterocycles. The molecule has 4 rings (SSSR count). The molecule has 0 spiro atoms. The molecular weight excluding hydrogens is 342 g/mol. The Hall–Kier alpha value is -2.62. The summed E-state index contributed by atoms with van der Waals surface area (Å²) >= 11 is 6.08. The second-order valence-corrected chi connectivity index (χ2v) is 6.70. The average molecular weight is 362 g/mol. The van der Waals surface area contributed by atoms with Crippen LogP contribution in [-0.2, 0) is 0 Å². The van der Waals surface area contributed by atoms with Crippen LogP contribution in [-0.4, -0.2) is 18.8 Å². The second-order valence-electron chi connectivity index (χ2n) is 6.27. The van der Waals surface area contributed by atoms with Crippen molar-refractivity contribution in [1.82, 2.24) is 0 Å². The summed E-state index contributed by atoms with van der Waals surface area (Å²) in [6.07, 6.45) is 0.916. The lowest BCUT2D eigenvalue weighted by molar-refractivity contribution is 0.818. The van der Waals surface area contributed by atoms with Crippen molar-refractivity contribution >= 4 is 34.4 Å². The molecule has 0 saturated carbocycles.